The molecule has 4 saturated carbocycles. The molecule has 8 heteroatoms. The van der Waals surface area contributed by atoms with Gasteiger partial charge in [-0.25, -0.2) is 5.26 Å². The highest BCUT2D eigenvalue weighted by atomic mass is 32.2. The lowest BCUT2D eigenvalue weighted by Gasteiger charge is -2.56. The van der Waals surface area contributed by atoms with Crippen molar-refractivity contribution in [3.63, 3.8) is 0 Å². The van der Waals surface area contributed by atoms with Gasteiger partial charge in [-0.05, 0) is 63.2 Å². The number of ether oxygens (including phenoxy) is 1. The van der Waals surface area contributed by atoms with Crippen molar-refractivity contribution in [3.8, 4) is 0 Å². The molecule has 0 radical (unpaired) electrons. The summed E-state index contributed by atoms with van der Waals surface area (Å²) in [6.45, 7) is 0.697. The van der Waals surface area contributed by atoms with Crippen LogP contribution in [-0.4, -0.2) is 28.8 Å². The zero-order valence-electron chi connectivity index (χ0n) is 12.9. The molecule has 0 aromatic rings. The van der Waals surface area contributed by atoms with Crippen molar-refractivity contribution < 1.29 is 32.3 Å². The first-order valence-corrected chi connectivity index (χ1v) is 8.65. The molecule has 0 aromatic heterocycles. The second-order valence-corrected chi connectivity index (χ2v) is 8.81. The molecule has 0 heterocycles. The van der Waals surface area contributed by atoms with Gasteiger partial charge in [-0.15, -0.1) is 0 Å². The van der Waals surface area contributed by atoms with Crippen LogP contribution >= 0.6 is 12.0 Å². The van der Waals surface area contributed by atoms with Gasteiger partial charge in [0, 0.05) is 5.41 Å². The van der Waals surface area contributed by atoms with Gasteiger partial charge in [-0.2, -0.15) is 17.5 Å². The quantitative estimate of drug-likeness (QED) is 0.347. The van der Waals surface area contributed by atoms with E-state index in [4.69, 9.17) is 9.99 Å². The Bertz CT molecular complexity index is 447. The maximum absolute atomic E-state index is 13.1. The monoisotopic (exact) mass is 354 g/mol. The number of carbonyl (C=O) groups is 1. The molecule has 0 aromatic carbocycles. The number of carbonyl (C=O) groups excluding carboxylic acids is 1. The third kappa shape index (κ3) is 3.09. The van der Waals surface area contributed by atoms with E-state index in [0.717, 1.165) is 19.3 Å². The Labute approximate surface area is 137 Å². The fourth-order valence-corrected chi connectivity index (χ4v) is 5.47. The average Bonchev–Trinajstić information content (AvgIpc) is 2.42. The standard InChI is InChI=1S/C15H21F3O4S/c1-13(23-22-20,15(16,17)18)12(19)21-8-14-5-9-2-10(6-14)4-11(3-9)7-14/h9-11,20H,2-8H2,1H3. The van der Waals surface area contributed by atoms with Crippen molar-refractivity contribution >= 4 is 18.0 Å². The number of halogens is 3. The van der Waals surface area contributed by atoms with E-state index in [0.29, 0.717) is 24.7 Å². The predicted octanol–water partition coefficient (Wildman–Crippen LogP) is 4.20. The Morgan fingerprint density at radius 2 is 1.65 bits per heavy atom. The van der Waals surface area contributed by atoms with E-state index in [1.54, 1.807) is 0 Å². The molecule has 1 atom stereocenters. The Hall–Kier alpha value is -0.470. The van der Waals surface area contributed by atoms with Crippen molar-refractivity contribution in [2.24, 2.45) is 23.2 Å². The van der Waals surface area contributed by atoms with Gasteiger partial charge in [-0.1, -0.05) is 0 Å². The normalized spacial score (nSPS) is 38.4. The molecule has 4 aliphatic carbocycles. The molecule has 4 rings (SSSR count). The first-order chi connectivity index (χ1) is 10.7. The van der Waals surface area contributed by atoms with Gasteiger partial charge in [0.15, 0.2) is 0 Å². The summed E-state index contributed by atoms with van der Waals surface area (Å²) in [5.74, 6) is 0.483. The lowest BCUT2D eigenvalue weighted by molar-refractivity contribution is -0.195. The molecule has 1 N–H and O–H groups in total. The van der Waals surface area contributed by atoms with Crippen LogP contribution in [0.2, 0.25) is 0 Å². The average molecular weight is 354 g/mol. The molecular formula is C15H21F3O4S. The minimum absolute atomic E-state index is 0.0347. The summed E-state index contributed by atoms with van der Waals surface area (Å²) in [6, 6.07) is 0. The number of alkyl halides is 3. The summed E-state index contributed by atoms with van der Waals surface area (Å²) < 4.78 is 45.1. The Morgan fingerprint density at radius 3 is 2.04 bits per heavy atom. The molecule has 0 saturated heterocycles. The SMILES string of the molecule is CC(SOO)(C(=O)OCC12CC3CC(CC(C3)C1)C2)C(F)(F)F. The first kappa shape index (κ1) is 17.4. The molecule has 132 valence electrons. The zero-order valence-corrected chi connectivity index (χ0v) is 13.7. The van der Waals surface area contributed by atoms with E-state index in [-0.39, 0.29) is 24.1 Å². The van der Waals surface area contributed by atoms with Crippen LogP contribution in [0.4, 0.5) is 13.2 Å². The second-order valence-electron chi connectivity index (χ2n) is 7.68. The number of hydrogen-bond donors (Lipinski definition) is 1. The summed E-state index contributed by atoms with van der Waals surface area (Å²) in [5, 5.41) is 8.37. The third-order valence-corrected chi connectivity index (χ3v) is 6.61. The van der Waals surface area contributed by atoms with E-state index in [1.807, 2.05) is 0 Å². The highest BCUT2D eigenvalue weighted by Gasteiger charge is 2.61. The van der Waals surface area contributed by atoms with E-state index >= 15 is 0 Å². The van der Waals surface area contributed by atoms with Crippen molar-refractivity contribution in [2.75, 3.05) is 6.61 Å². The lowest BCUT2D eigenvalue weighted by atomic mass is 9.50. The molecule has 23 heavy (non-hydrogen) atoms. The van der Waals surface area contributed by atoms with Gasteiger partial charge in [0.05, 0.1) is 18.6 Å². The molecule has 4 nitrogen and oxygen atoms in total. The molecule has 4 bridgehead atoms. The third-order valence-electron chi connectivity index (χ3n) is 5.81. The van der Waals surface area contributed by atoms with Crippen LogP contribution in [0.25, 0.3) is 0 Å². The smallest absolute Gasteiger partial charge is 0.415 e. The van der Waals surface area contributed by atoms with Crippen molar-refractivity contribution in [3.05, 3.63) is 0 Å². The van der Waals surface area contributed by atoms with E-state index in [2.05, 4.69) is 4.33 Å². The lowest BCUT2D eigenvalue weighted by Crippen LogP contribution is -2.51. The molecule has 4 aliphatic rings. The Morgan fingerprint density at radius 1 is 1.17 bits per heavy atom. The Kier molecular flexibility index (Phi) is 4.38. The highest BCUT2D eigenvalue weighted by molar-refractivity contribution is 7.96. The second kappa shape index (κ2) is 5.81. The summed E-state index contributed by atoms with van der Waals surface area (Å²) in [5.41, 5.74) is -0.151. The topological polar surface area (TPSA) is 55.8 Å². The van der Waals surface area contributed by atoms with Gasteiger partial charge >= 0.3 is 12.1 Å². The first-order valence-electron chi connectivity index (χ1n) is 7.91. The van der Waals surface area contributed by atoms with Gasteiger partial charge in [-0.3, -0.25) is 4.79 Å². The van der Waals surface area contributed by atoms with Gasteiger partial charge in [0.25, 0.3) is 0 Å². The minimum Gasteiger partial charge on any atom is -0.464 e. The molecule has 0 spiro atoms. The summed E-state index contributed by atoms with van der Waals surface area (Å²) in [6.07, 6.45) is 1.58. The number of esters is 1. The van der Waals surface area contributed by atoms with Crippen LogP contribution in [0, 0.1) is 23.2 Å². The fourth-order valence-electron chi connectivity index (χ4n) is 5.09. The fraction of sp³-hybridized carbons (Fsp3) is 0.933. The zero-order chi connectivity index (χ0) is 16.9. The van der Waals surface area contributed by atoms with E-state index in [9.17, 15) is 18.0 Å². The summed E-state index contributed by atoms with van der Waals surface area (Å²) in [7, 11) is 0. The van der Waals surface area contributed by atoms with Crippen LogP contribution in [0.5, 0.6) is 0 Å². The van der Waals surface area contributed by atoms with E-state index in [1.165, 1.54) is 19.3 Å². The van der Waals surface area contributed by atoms with Crippen molar-refractivity contribution in [2.45, 2.75) is 56.4 Å². The van der Waals surface area contributed by atoms with Gasteiger partial charge in [0.1, 0.15) is 0 Å². The molecule has 4 fully saturated rings. The van der Waals surface area contributed by atoms with Crippen molar-refractivity contribution in [1.82, 2.24) is 0 Å². The highest BCUT2D eigenvalue weighted by Crippen LogP contribution is 2.60. The van der Waals surface area contributed by atoms with Gasteiger partial charge in [0.2, 0.25) is 4.75 Å². The predicted molar refractivity (Wildman–Crippen MR) is 77.3 cm³/mol. The molecular weight excluding hydrogens is 333 g/mol. The minimum atomic E-state index is -4.88. The van der Waals surface area contributed by atoms with Gasteiger partial charge < -0.3 is 4.74 Å². The number of rotatable bonds is 5. The maximum atomic E-state index is 13.1. The molecule has 1 unspecified atom stereocenters. The largest absolute Gasteiger partial charge is 0.464 e. The maximum Gasteiger partial charge on any atom is 0.415 e. The van der Waals surface area contributed by atoms with Crippen LogP contribution in [0.1, 0.15) is 45.4 Å². The van der Waals surface area contributed by atoms with Crippen LogP contribution < -0.4 is 0 Å². The van der Waals surface area contributed by atoms with Crippen LogP contribution in [0.15, 0.2) is 0 Å². The van der Waals surface area contributed by atoms with Crippen LogP contribution in [-0.2, 0) is 13.9 Å². The summed E-state index contributed by atoms with van der Waals surface area (Å²) >= 11 is -0.333. The van der Waals surface area contributed by atoms with Crippen LogP contribution in [0.3, 0.4) is 0 Å². The molecule has 0 aliphatic heterocycles. The number of hydrogen-bond acceptors (Lipinski definition) is 5. The Balaban J connectivity index is 1.66. The summed E-state index contributed by atoms with van der Waals surface area (Å²) in [4.78, 5) is 12.0. The van der Waals surface area contributed by atoms with Crippen molar-refractivity contribution in [1.29, 1.82) is 0 Å². The van der Waals surface area contributed by atoms with E-state index < -0.39 is 16.9 Å². The molecule has 0 amide bonds.